The van der Waals surface area contributed by atoms with Crippen molar-refractivity contribution in [2.45, 2.75) is 77.6 Å². The Morgan fingerprint density at radius 2 is 1.20 bits per heavy atom. The molecule has 0 aliphatic carbocycles. The van der Waals surface area contributed by atoms with Crippen LogP contribution in [0.3, 0.4) is 0 Å². The van der Waals surface area contributed by atoms with E-state index < -0.39 is 0 Å². The van der Waals surface area contributed by atoms with Gasteiger partial charge in [0.2, 0.25) is 0 Å². The molecule has 0 saturated carbocycles. The van der Waals surface area contributed by atoms with Gasteiger partial charge >= 0.3 is 0 Å². The van der Waals surface area contributed by atoms with Crippen LogP contribution in [0.25, 0.3) is 0 Å². The van der Waals surface area contributed by atoms with Crippen molar-refractivity contribution in [2.75, 3.05) is 0 Å². The predicted octanol–water partition coefficient (Wildman–Crippen LogP) is 5.24. The summed E-state index contributed by atoms with van der Waals surface area (Å²) in [6.07, 6.45) is 17.2. The van der Waals surface area contributed by atoms with Gasteiger partial charge in [-0.1, -0.05) is 64.7 Å². The van der Waals surface area contributed by atoms with Crippen molar-refractivity contribution in [1.29, 1.82) is 0 Å². The van der Waals surface area contributed by atoms with E-state index in [0.717, 1.165) is 12.7 Å². The molecule has 0 unspecified atom stereocenters. The molecule has 1 radical (unpaired) electrons. The van der Waals surface area contributed by atoms with Crippen LogP contribution >= 0.6 is 0 Å². The molecule has 0 atom stereocenters. The van der Waals surface area contributed by atoms with Crippen LogP contribution in [0.15, 0.2) is 12.3 Å². The standard InChI is InChI=1S/C14H27O/c1-2-3-4-5-6-7-8-9-10-11-12-13-14-15/h13-14H,2-12H2,1H3. The maximum Gasteiger partial charge on any atom is 0.138 e. The first-order valence-corrected chi connectivity index (χ1v) is 6.68. The lowest BCUT2D eigenvalue weighted by molar-refractivity contribution is 0.349. The fourth-order valence-corrected chi connectivity index (χ4v) is 1.82. The monoisotopic (exact) mass is 211 g/mol. The Balaban J connectivity index is 2.86. The highest BCUT2D eigenvalue weighted by molar-refractivity contribution is 4.70. The molecule has 0 aromatic heterocycles. The summed E-state index contributed by atoms with van der Waals surface area (Å²) in [5.74, 6) is 0. The summed E-state index contributed by atoms with van der Waals surface area (Å²) in [5.41, 5.74) is 0. The fourth-order valence-electron chi connectivity index (χ4n) is 1.82. The zero-order chi connectivity index (χ0) is 11.2. The molecule has 1 heteroatoms. The number of allylic oxidation sites excluding steroid dienone is 1. The molecular weight excluding hydrogens is 184 g/mol. The number of hydrogen-bond donors (Lipinski definition) is 0. The molecular formula is C14H27O. The maximum atomic E-state index is 10.0. The van der Waals surface area contributed by atoms with Gasteiger partial charge in [0, 0.05) is 0 Å². The van der Waals surface area contributed by atoms with Crippen molar-refractivity contribution in [3.05, 3.63) is 12.3 Å². The highest BCUT2D eigenvalue weighted by atomic mass is 16.2. The van der Waals surface area contributed by atoms with Crippen LogP contribution in [0.5, 0.6) is 0 Å². The van der Waals surface area contributed by atoms with E-state index in [9.17, 15) is 5.11 Å². The minimum absolute atomic E-state index is 0.910. The van der Waals surface area contributed by atoms with Gasteiger partial charge in [0.05, 0.1) is 0 Å². The van der Waals surface area contributed by atoms with E-state index in [4.69, 9.17) is 0 Å². The van der Waals surface area contributed by atoms with E-state index in [2.05, 4.69) is 6.92 Å². The predicted molar refractivity (Wildman–Crippen MR) is 66.3 cm³/mol. The molecule has 89 valence electrons. The summed E-state index contributed by atoms with van der Waals surface area (Å²) < 4.78 is 0. The molecule has 0 heterocycles. The van der Waals surface area contributed by atoms with Gasteiger partial charge in [-0.05, 0) is 18.9 Å². The van der Waals surface area contributed by atoms with Gasteiger partial charge in [-0.15, -0.1) is 0 Å². The Kier molecular flexibility index (Phi) is 13.1. The van der Waals surface area contributed by atoms with Crippen LogP contribution in [0, 0.1) is 0 Å². The van der Waals surface area contributed by atoms with Crippen molar-refractivity contribution in [1.82, 2.24) is 0 Å². The second-order valence-corrected chi connectivity index (χ2v) is 4.34. The number of unbranched alkanes of at least 4 members (excludes halogenated alkanes) is 10. The molecule has 1 nitrogen and oxygen atoms in total. The summed E-state index contributed by atoms with van der Waals surface area (Å²) in [6.45, 7) is 2.26. The molecule has 0 aliphatic rings. The number of rotatable bonds is 11. The van der Waals surface area contributed by atoms with Crippen LogP contribution in [0.4, 0.5) is 0 Å². The molecule has 15 heavy (non-hydrogen) atoms. The third-order valence-corrected chi connectivity index (χ3v) is 2.82. The van der Waals surface area contributed by atoms with E-state index >= 15 is 0 Å². The largest absolute Gasteiger partial charge is 0.299 e. The van der Waals surface area contributed by atoms with Gasteiger partial charge < -0.3 is 0 Å². The lowest BCUT2D eigenvalue weighted by atomic mass is 10.1. The zero-order valence-electron chi connectivity index (χ0n) is 10.3. The summed E-state index contributed by atoms with van der Waals surface area (Å²) in [6, 6.07) is 0. The molecule has 0 spiro atoms. The summed E-state index contributed by atoms with van der Waals surface area (Å²) in [7, 11) is 0. The van der Waals surface area contributed by atoms with Gasteiger partial charge in [0.15, 0.2) is 0 Å². The van der Waals surface area contributed by atoms with Crippen molar-refractivity contribution in [3.8, 4) is 0 Å². The van der Waals surface area contributed by atoms with E-state index in [1.54, 1.807) is 6.08 Å². The van der Waals surface area contributed by atoms with Crippen LogP contribution in [-0.2, 0) is 5.11 Å². The zero-order valence-corrected chi connectivity index (χ0v) is 10.3. The van der Waals surface area contributed by atoms with Gasteiger partial charge in [-0.25, -0.2) is 0 Å². The Morgan fingerprint density at radius 3 is 1.67 bits per heavy atom. The Morgan fingerprint density at radius 1 is 0.733 bits per heavy atom. The van der Waals surface area contributed by atoms with Gasteiger partial charge in [-0.2, -0.15) is 0 Å². The van der Waals surface area contributed by atoms with Crippen LogP contribution in [0.2, 0.25) is 0 Å². The highest BCUT2D eigenvalue weighted by Gasteiger charge is 1.91. The third kappa shape index (κ3) is 13.5. The second kappa shape index (κ2) is 13.5. The lowest BCUT2D eigenvalue weighted by Crippen LogP contribution is -1.81. The van der Waals surface area contributed by atoms with Gasteiger partial charge in [0.25, 0.3) is 0 Å². The van der Waals surface area contributed by atoms with Crippen LogP contribution < -0.4 is 0 Å². The van der Waals surface area contributed by atoms with E-state index in [-0.39, 0.29) is 0 Å². The normalized spacial score (nSPS) is 11.3. The van der Waals surface area contributed by atoms with Crippen LogP contribution in [-0.4, -0.2) is 0 Å². The average molecular weight is 211 g/mol. The average Bonchev–Trinajstić information content (AvgIpc) is 2.26. The molecule has 0 amide bonds. The van der Waals surface area contributed by atoms with Gasteiger partial charge in [0.1, 0.15) is 6.26 Å². The fraction of sp³-hybridized carbons (Fsp3) is 0.857. The molecule has 0 aromatic rings. The quantitative estimate of drug-likeness (QED) is 0.329. The van der Waals surface area contributed by atoms with E-state index in [0.29, 0.717) is 0 Å². The Labute approximate surface area is 95.6 Å². The summed E-state index contributed by atoms with van der Waals surface area (Å²) in [4.78, 5) is 0. The summed E-state index contributed by atoms with van der Waals surface area (Å²) >= 11 is 0. The third-order valence-electron chi connectivity index (χ3n) is 2.82. The molecule has 0 saturated heterocycles. The molecule has 0 bridgehead atoms. The molecule has 0 rings (SSSR count). The minimum Gasteiger partial charge on any atom is -0.299 e. The molecule has 0 aliphatic heterocycles. The van der Waals surface area contributed by atoms with Gasteiger partial charge in [-0.3, -0.25) is 5.11 Å². The van der Waals surface area contributed by atoms with Crippen molar-refractivity contribution in [3.63, 3.8) is 0 Å². The lowest BCUT2D eigenvalue weighted by Gasteiger charge is -2.00. The summed E-state index contributed by atoms with van der Waals surface area (Å²) in [5, 5.41) is 10.0. The first-order valence-electron chi connectivity index (χ1n) is 6.68. The van der Waals surface area contributed by atoms with E-state index in [1.807, 2.05) is 0 Å². The number of hydrogen-bond acceptors (Lipinski definition) is 0. The topological polar surface area (TPSA) is 19.9 Å². The Hall–Kier alpha value is -0.460. The maximum absolute atomic E-state index is 10.0. The van der Waals surface area contributed by atoms with Crippen molar-refractivity contribution >= 4 is 0 Å². The molecule has 0 fully saturated rings. The molecule has 0 N–H and O–H groups in total. The first kappa shape index (κ1) is 14.5. The SMILES string of the molecule is CCCCCCCCCCCCC=C[O]. The van der Waals surface area contributed by atoms with Crippen LogP contribution in [0.1, 0.15) is 77.6 Å². The Bertz CT molecular complexity index is 129. The van der Waals surface area contributed by atoms with E-state index in [1.165, 1.54) is 64.2 Å². The van der Waals surface area contributed by atoms with Crippen molar-refractivity contribution in [2.24, 2.45) is 0 Å². The molecule has 0 aromatic carbocycles. The minimum atomic E-state index is 0.910. The highest BCUT2D eigenvalue weighted by Crippen LogP contribution is 2.11. The van der Waals surface area contributed by atoms with Crippen molar-refractivity contribution < 1.29 is 5.11 Å². The smallest absolute Gasteiger partial charge is 0.138 e. The first-order chi connectivity index (χ1) is 7.41. The second-order valence-electron chi connectivity index (χ2n) is 4.34.